The summed E-state index contributed by atoms with van der Waals surface area (Å²) in [6, 6.07) is 59.5. The van der Waals surface area contributed by atoms with E-state index in [4.69, 9.17) is 34.5 Å². The van der Waals surface area contributed by atoms with Crippen molar-refractivity contribution in [1.82, 2.24) is 9.67 Å². The monoisotopic (exact) mass is 1400 g/mol. The maximum Gasteiger partial charge on any atom is 0.207 e. The zero-order chi connectivity index (χ0) is 68.6. The summed E-state index contributed by atoms with van der Waals surface area (Å²) >= 11 is 12.2. The zero-order valence-electron chi connectivity index (χ0n) is 51.4. The first kappa shape index (κ1) is 87.4. The number of nitrogens with two attached hydrogens (primary N) is 1. The molecule has 513 valence electrons. The molecule has 0 saturated carbocycles. The predicted octanol–water partition coefficient (Wildman–Crippen LogP) is 18.4. The molecule has 0 heterocycles. The standard InChI is InChI=1S/C15H14ClF2N.C15H12ClF2N.C15H15F2NO.C15H11F2NO.C13H8F2O.3CH4.CH3.Al.B.2H/c2*16-19-8-7-15(11-3-1-5-13(17)9-11)12-4-2-6-14(18)10-12;2*16-13-5-1-3-11(9-13)15(19,7-8-18)12-4-2-6-14(17)10-12;14-11-5-1-3-9(7-11)13(16)10-4-2-6-12(15)8-10;;;;;;;;/h1-6,9-10,15,19H,7-8H2;1-7,9-10,19H,8H2;1-6,9-10,19H,7-8,18H2;1-6,9-10,19H,7H2;1-8H;3*1H4;1H3;;;;. The number of nitrogens with zero attached hydrogens (tertiary/aromatic N) is 1. The Kier molecular flexibility index (Phi) is 40.2. The average Bonchev–Trinajstić information content (AvgIpc) is 0.804. The van der Waals surface area contributed by atoms with E-state index in [0.717, 1.165) is 41.0 Å². The van der Waals surface area contributed by atoms with Gasteiger partial charge in [-0.3, -0.25) is 4.79 Å². The summed E-state index contributed by atoms with van der Waals surface area (Å²) in [4.78, 5) is 16.8. The van der Waals surface area contributed by atoms with Crippen LogP contribution in [0.3, 0.4) is 0 Å². The summed E-state index contributed by atoms with van der Waals surface area (Å²) in [5, 5.41) is 30.3. The second-order valence-corrected chi connectivity index (χ2v) is 20.8. The minimum absolute atomic E-state index is 0. The maximum absolute atomic E-state index is 13.3. The lowest BCUT2D eigenvalue weighted by Gasteiger charge is -2.29. The van der Waals surface area contributed by atoms with Gasteiger partial charge in [0.2, 0.25) is 16.3 Å². The second-order valence-electron chi connectivity index (χ2n) is 20.3. The molecule has 0 unspecified atom stereocenters. The first-order chi connectivity index (χ1) is 45.2. The quantitative estimate of drug-likeness (QED) is 0.0250. The molecule has 0 atom stereocenters. The van der Waals surface area contributed by atoms with Gasteiger partial charge in [-0.05, 0) is 214 Å². The third-order valence-corrected chi connectivity index (χ3v) is 14.3. The van der Waals surface area contributed by atoms with Crippen molar-refractivity contribution in [2.75, 3.05) is 19.6 Å². The second kappa shape index (κ2) is 45.1. The molecule has 0 fully saturated rings. The van der Waals surface area contributed by atoms with Crippen molar-refractivity contribution in [3.8, 4) is 6.07 Å². The normalized spacial score (nSPS) is 10.2. The van der Waals surface area contributed by atoms with Gasteiger partial charge in [-0.15, -0.1) is 5.79 Å². The topological polar surface area (TPSA) is 131 Å². The molecular weight excluding hydrogens is 1330 g/mol. The molecule has 3 radical (unpaired) electrons. The van der Waals surface area contributed by atoms with E-state index in [9.17, 15) is 58.9 Å². The van der Waals surface area contributed by atoms with Crippen LogP contribution in [0.5, 0.6) is 0 Å². The molecule has 10 aromatic rings. The van der Waals surface area contributed by atoms with E-state index >= 15 is 0 Å². The summed E-state index contributed by atoms with van der Waals surface area (Å²) in [6.45, 7) is 1.15. The van der Waals surface area contributed by atoms with Crippen LogP contribution in [0.15, 0.2) is 249 Å². The number of hydrogen-bond donors (Lipinski definition) is 5. The fraction of sp³-hybridized carbons (Fsp3) is 0.169. The molecular formula is C77H77AlBCl2F10N4O3. The number of nitrogens with one attached hydrogen (secondary N) is 2. The average molecular weight is 1410 g/mol. The van der Waals surface area contributed by atoms with Gasteiger partial charge in [0.05, 0.1) is 12.5 Å². The number of ketones is 1. The van der Waals surface area contributed by atoms with E-state index in [1.165, 1.54) is 174 Å². The lowest BCUT2D eigenvalue weighted by Crippen LogP contribution is -2.30. The van der Waals surface area contributed by atoms with Crippen molar-refractivity contribution < 1.29 is 58.9 Å². The van der Waals surface area contributed by atoms with Crippen molar-refractivity contribution in [3.05, 3.63) is 363 Å². The molecule has 0 aromatic heterocycles. The summed E-state index contributed by atoms with van der Waals surface area (Å²) in [7, 11) is 0. The predicted molar refractivity (Wildman–Crippen MR) is 379 cm³/mol. The highest BCUT2D eigenvalue weighted by Crippen LogP contribution is 2.35. The Hall–Kier alpha value is -8.62. The third kappa shape index (κ3) is 27.0. The summed E-state index contributed by atoms with van der Waals surface area (Å²) in [5.41, 5.74) is 7.63. The minimum atomic E-state index is -1.72. The van der Waals surface area contributed by atoms with Gasteiger partial charge in [0.25, 0.3) is 0 Å². The molecule has 0 aliphatic rings. The van der Waals surface area contributed by atoms with Crippen molar-refractivity contribution in [1.29, 1.82) is 5.26 Å². The molecule has 98 heavy (non-hydrogen) atoms. The van der Waals surface area contributed by atoms with Gasteiger partial charge in [0.15, 0.2) is 5.78 Å². The van der Waals surface area contributed by atoms with Gasteiger partial charge in [-0.25, -0.2) is 53.6 Å². The number of halogens is 12. The molecule has 0 bridgehead atoms. The fourth-order valence-electron chi connectivity index (χ4n) is 9.58. The van der Waals surface area contributed by atoms with E-state index in [1.54, 1.807) is 54.6 Å². The summed E-state index contributed by atoms with van der Waals surface area (Å²) in [5.74, 6) is -2.52. The molecule has 0 amide bonds. The van der Waals surface area contributed by atoms with Crippen LogP contribution in [0.4, 0.5) is 43.9 Å². The maximum atomic E-state index is 13.3. The van der Waals surface area contributed by atoms with Gasteiger partial charge >= 0.3 is 0 Å². The van der Waals surface area contributed by atoms with Gasteiger partial charge in [0, 0.05) is 38.5 Å². The van der Waals surface area contributed by atoms with Gasteiger partial charge in [-0.1, -0.05) is 150 Å². The van der Waals surface area contributed by atoms with Gasteiger partial charge in [-0.2, -0.15) is 5.26 Å². The Morgan fingerprint density at radius 1 is 0.469 bits per heavy atom. The van der Waals surface area contributed by atoms with Crippen LogP contribution in [0.2, 0.25) is 5.79 Å². The Bertz CT molecular complexity index is 3880. The number of rotatable bonds is 18. The third-order valence-electron chi connectivity index (χ3n) is 13.9. The van der Waals surface area contributed by atoms with Crippen LogP contribution in [-0.2, 0) is 11.2 Å². The zero-order valence-corrected chi connectivity index (χ0v) is 54.9. The first-order valence-electron chi connectivity index (χ1n) is 29.2. The minimum Gasteiger partial charge on any atom is -0.380 e. The number of carbonyl (C=O) groups is 1. The number of benzene rings is 10. The molecule has 10 aromatic carbocycles. The smallest absolute Gasteiger partial charge is 0.207 e. The van der Waals surface area contributed by atoms with Crippen molar-refractivity contribution in [3.63, 3.8) is 0 Å². The van der Waals surface area contributed by atoms with Gasteiger partial charge in [0.1, 0.15) is 69.4 Å². The van der Waals surface area contributed by atoms with Crippen LogP contribution in [-0.4, -0.2) is 60.3 Å². The lowest BCUT2D eigenvalue weighted by molar-refractivity contribution is 0.0730. The van der Waals surface area contributed by atoms with Crippen LogP contribution in [0.25, 0.3) is 5.57 Å². The molecule has 0 saturated heterocycles. The van der Waals surface area contributed by atoms with E-state index in [1.807, 2.05) is 18.2 Å². The highest BCUT2D eigenvalue weighted by Gasteiger charge is 2.33. The largest absolute Gasteiger partial charge is 0.380 e. The number of nitriles is 1. The Morgan fingerprint density at radius 3 is 1.04 bits per heavy atom. The Balaban J connectivity index is 0.000000603. The van der Waals surface area contributed by atoms with Crippen molar-refractivity contribution in [2.24, 2.45) is 5.73 Å². The molecule has 10 rings (SSSR count). The SMILES string of the molecule is C.C.C.Fc1cccc(C(=CCNCl)c2cccc(F)c2)c1.Fc1cccc(C(CCNCl)c2cccc(F)c2)c1.N#CCC(O)(c1cccc(F)c1)c1cccc(F)c1.NCCC(O)(c1cccc(F)c1)c1cccc(F)c1.O=C(c1cccc(F)c1)c1cccc(F)c1.[B].[CH3][AlH2]. The number of aliphatic hydroxyl groups is 2. The van der Waals surface area contributed by atoms with E-state index < -0.39 is 46.1 Å². The molecule has 21 heteroatoms. The number of carbonyl (C=O) groups excluding carboxylic acids is 1. The molecule has 0 aliphatic heterocycles. The van der Waals surface area contributed by atoms with E-state index in [2.05, 4.69) is 15.5 Å². The molecule has 6 N–H and O–H groups in total. The highest BCUT2D eigenvalue weighted by atomic mass is 35.5. The molecule has 7 nitrogen and oxygen atoms in total. The number of hydrogen-bond acceptors (Lipinski definition) is 7. The summed E-state index contributed by atoms with van der Waals surface area (Å²) < 4.78 is 132. The van der Waals surface area contributed by atoms with Crippen LogP contribution in [0.1, 0.15) is 108 Å². The van der Waals surface area contributed by atoms with Crippen LogP contribution >= 0.6 is 23.6 Å². The Labute approximate surface area is 588 Å². The molecule has 0 spiro atoms. The first-order valence-corrected chi connectivity index (χ1v) is 32.0. The lowest BCUT2D eigenvalue weighted by atomic mass is 9.83. The van der Waals surface area contributed by atoms with Gasteiger partial charge < -0.3 is 15.9 Å². The molecule has 0 aliphatic carbocycles. The van der Waals surface area contributed by atoms with E-state index in [-0.39, 0.29) is 107 Å². The fourth-order valence-corrected chi connectivity index (χ4v) is 9.77. The van der Waals surface area contributed by atoms with E-state index in [0.29, 0.717) is 41.8 Å². The highest BCUT2D eigenvalue weighted by molar-refractivity contribution is 6.13. The van der Waals surface area contributed by atoms with Crippen molar-refractivity contribution in [2.45, 2.75) is 64.4 Å². The Morgan fingerprint density at radius 2 is 0.755 bits per heavy atom. The van der Waals surface area contributed by atoms with Crippen LogP contribution < -0.4 is 15.4 Å². The van der Waals surface area contributed by atoms with Crippen LogP contribution in [0, 0.1) is 69.5 Å². The summed E-state index contributed by atoms with van der Waals surface area (Å²) in [6.07, 6.45) is 2.34. The van der Waals surface area contributed by atoms with Crippen molar-refractivity contribution >= 4 is 59.6 Å².